The van der Waals surface area contributed by atoms with Gasteiger partial charge in [-0.05, 0) is 54.3 Å². The Morgan fingerprint density at radius 3 is 2.43 bits per heavy atom. The lowest BCUT2D eigenvalue weighted by Gasteiger charge is -2.31. The van der Waals surface area contributed by atoms with Crippen LogP contribution in [0.3, 0.4) is 0 Å². The lowest BCUT2D eigenvalue weighted by atomic mass is 9.99. The van der Waals surface area contributed by atoms with Crippen LogP contribution in [-0.2, 0) is 14.4 Å². The fourth-order valence-corrected chi connectivity index (χ4v) is 3.99. The van der Waals surface area contributed by atoms with Gasteiger partial charge in [-0.3, -0.25) is 24.1 Å². The Morgan fingerprint density at radius 1 is 1.18 bits per heavy atom. The van der Waals surface area contributed by atoms with Gasteiger partial charge in [0.2, 0.25) is 11.8 Å². The van der Waals surface area contributed by atoms with E-state index in [-0.39, 0.29) is 23.3 Å². The number of thioether (sulfide) groups is 1. The molecule has 148 valence electrons. The molecule has 2 aliphatic heterocycles. The SMILES string of the molecule is CC(=O)Nc1ccc(C=C2SC(=O)N(CC(=O)N3CCC(C)CC3)C2=O)cc1. The highest BCUT2D eigenvalue weighted by Crippen LogP contribution is 2.32. The van der Waals surface area contributed by atoms with E-state index in [0.717, 1.165) is 35.1 Å². The Labute approximate surface area is 168 Å². The molecule has 0 radical (unpaired) electrons. The summed E-state index contributed by atoms with van der Waals surface area (Å²) < 4.78 is 0. The molecule has 4 amide bonds. The fourth-order valence-electron chi connectivity index (χ4n) is 3.15. The Balaban J connectivity index is 1.65. The van der Waals surface area contributed by atoms with E-state index >= 15 is 0 Å². The van der Waals surface area contributed by atoms with E-state index in [4.69, 9.17) is 0 Å². The molecule has 0 aliphatic carbocycles. The Morgan fingerprint density at radius 2 is 1.82 bits per heavy atom. The number of rotatable bonds is 4. The molecule has 2 fully saturated rings. The molecule has 2 aliphatic rings. The number of likely N-dealkylation sites (tertiary alicyclic amines) is 1. The average molecular weight is 401 g/mol. The number of carbonyl (C=O) groups excluding carboxylic acids is 4. The van der Waals surface area contributed by atoms with Gasteiger partial charge < -0.3 is 10.2 Å². The molecule has 8 heteroatoms. The molecule has 3 rings (SSSR count). The first-order valence-corrected chi connectivity index (χ1v) is 10.1. The number of benzene rings is 1. The Hall–Kier alpha value is -2.61. The van der Waals surface area contributed by atoms with Gasteiger partial charge in [0.25, 0.3) is 11.1 Å². The van der Waals surface area contributed by atoms with E-state index in [1.54, 1.807) is 35.2 Å². The molecule has 7 nitrogen and oxygen atoms in total. The van der Waals surface area contributed by atoms with E-state index in [1.165, 1.54) is 6.92 Å². The predicted octanol–water partition coefficient (Wildman–Crippen LogP) is 2.94. The zero-order chi connectivity index (χ0) is 20.3. The average Bonchev–Trinajstić information content (AvgIpc) is 2.91. The number of piperidine rings is 1. The van der Waals surface area contributed by atoms with Crippen LogP contribution in [0.1, 0.15) is 32.3 Å². The summed E-state index contributed by atoms with van der Waals surface area (Å²) in [4.78, 5) is 51.4. The van der Waals surface area contributed by atoms with Crippen molar-refractivity contribution in [1.29, 1.82) is 0 Å². The zero-order valence-corrected chi connectivity index (χ0v) is 16.8. The van der Waals surface area contributed by atoms with Crippen LogP contribution >= 0.6 is 11.8 Å². The van der Waals surface area contributed by atoms with Crippen LogP contribution in [0.15, 0.2) is 29.2 Å². The molecule has 0 atom stereocenters. The third kappa shape index (κ3) is 4.81. The van der Waals surface area contributed by atoms with Crippen molar-refractivity contribution < 1.29 is 19.2 Å². The molecule has 1 aromatic carbocycles. The van der Waals surface area contributed by atoms with Crippen molar-refractivity contribution in [2.45, 2.75) is 26.7 Å². The monoisotopic (exact) mass is 401 g/mol. The molecule has 0 aromatic heterocycles. The number of imide groups is 1. The molecular formula is C20H23N3O4S. The molecule has 1 N–H and O–H groups in total. The lowest BCUT2D eigenvalue weighted by Crippen LogP contribution is -2.45. The van der Waals surface area contributed by atoms with Gasteiger partial charge in [0, 0.05) is 25.7 Å². The second-order valence-electron chi connectivity index (χ2n) is 7.13. The summed E-state index contributed by atoms with van der Waals surface area (Å²) >= 11 is 0.839. The van der Waals surface area contributed by atoms with Gasteiger partial charge in [-0.15, -0.1) is 0 Å². The molecular weight excluding hydrogens is 378 g/mol. The minimum atomic E-state index is -0.445. The molecule has 0 bridgehead atoms. The normalized spacial score (nSPS) is 19.4. The summed E-state index contributed by atoms with van der Waals surface area (Å²) in [6.07, 6.45) is 3.51. The minimum absolute atomic E-state index is 0.165. The molecule has 28 heavy (non-hydrogen) atoms. The number of nitrogens with one attached hydrogen (secondary N) is 1. The second-order valence-corrected chi connectivity index (χ2v) is 8.13. The maximum atomic E-state index is 12.6. The number of anilines is 1. The highest BCUT2D eigenvalue weighted by atomic mass is 32.2. The van der Waals surface area contributed by atoms with Crippen molar-refractivity contribution in [3.63, 3.8) is 0 Å². The van der Waals surface area contributed by atoms with Crippen molar-refractivity contribution in [3.8, 4) is 0 Å². The summed E-state index contributed by atoms with van der Waals surface area (Å²) in [5, 5.41) is 2.24. The summed E-state index contributed by atoms with van der Waals surface area (Å²) in [5.41, 5.74) is 1.38. The third-order valence-corrected chi connectivity index (χ3v) is 5.74. The number of hydrogen-bond acceptors (Lipinski definition) is 5. The predicted molar refractivity (Wildman–Crippen MR) is 108 cm³/mol. The highest BCUT2D eigenvalue weighted by Gasteiger charge is 2.37. The first-order chi connectivity index (χ1) is 13.3. The summed E-state index contributed by atoms with van der Waals surface area (Å²) in [7, 11) is 0. The van der Waals surface area contributed by atoms with E-state index in [0.29, 0.717) is 24.7 Å². The summed E-state index contributed by atoms with van der Waals surface area (Å²) in [5.74, 6) is -0.197. The quantitative estimate of drug-likeness (QED) is 0.784. The molecule has 1 aromatic rings. The van der Waals surface area contributed by atoms with Gasteiger partial charge in [-0.1, -0.05) is 19.1 Å². The Bertz CT molecular complexity index is 826. The summed E-state index contributed by atoms with van der Waals surface area (Å²) in [6, 6.07) is 6.94. The van der Waals surface area contributed by atoms with Crippen molar-refractivity contribution in [1.82, 2.24) is 9.80 Å². The standard InChI is InChI=1S/C20H23N3O4S/c1-13-7-9-22(10-8-13)18(25)12-23-19(26)17(28-20(23)27)11-15-3-5-16(6-4-15)21-14(2)24/h3-6,11,13H,7-10,12H2,1-2H3,(H,21,24). The van der Waals surface area contributed by atoms with E-state index < -0.39 is 11.1 Å². The third-order valence-electron chi connectivity index (χ3n) is 4.83. The lowest BCUT2D eigenvalue weighted by molar-refractivity contribution is -0.136. The number of hydrogen-bond donors (Lipinski definition) is 1. The van der Waals surface area contributed by atoms with Gasteiger partial charge in [0.1, 0.15) is 6.54 Å². The second kappa shape index (κ2) is 8.60. The topological polar surface area (TPSA) is 86.8 Å². The van der Waals surface area contributed by atoms with E-state index in [2.05, 4.69) is 12.2 Å². The number of amides is 4. The zero-order valence-electron chi connectivity index (χ0n) is 15.9. The van der Waals surface area contributed by atoms with Gasteiger partial charge >= 0.3 is 0 Å². The largest absolute Gasteiger partial charge is 0.341 e. The van der Waals surface area contributed by atoms with Crippen LogP contribution in [-0.4, -0.2) is 52.4 Å². The Kier molecular flexibility index (Phi) is 6.18. The van der Waals surface area contributed by atoms with Gasteiger partial charge in [0.05, 0.1) is 4.91 Å². The van der Waals surface area contributed by atoms with Crippen LogP contribution in [0.5, 0.6) is 0 Å². The number of carbonyl (C=O) groups is 4. The van der Waals surface area contributed by atoms with Crippen molar-refractivity contribution in [2.24, 2.45) is 5.92 Å². The first-order valence-electron chi connectivity index (χ1n) is 9.24. The van der Waals surface area contributed by atoms with Crippen LogP contribution in [0.25, 0.3) is 6.08 Å². The van der Waals surface area contributed by atoms with E-state index in [1.807, 2.05) is 0 Å². The first kappa shape index (κ1) is 20.1. The van der Waals surface area contributed by atoms with Crippen molar-refractivity contribution >= 4 is 46.5 Å². The molecule has 0 spiro atoms. The van der Waals surface area contributed by atoms with Crippen LogP contribution < -0.4 is 5.32 Å². The van der Waals surface area contributed by atoms with Crippen LogP contribution in [0.4, 0.5) is 10.5 Å². The maximum absolute atomic E-state index is 12.6. The smallest absolute Gasteiger partial charge is 0.294 e. The number of nitrogens with zero attached hydrogens (tertiary/aromatic N) is 2. The summed E-state index contributed by atoms with van der Waals surface area (Å²) in [6.45, 7) is 4.72. The molecule has 2 saturated heterocycles. The fraction of sp³-hybridized carbons (Fsp3) is 0.400. The van der Waals surface area contributed by atoms with Gasteiger partial charge in [-0.25, -0.2) is 0 Å². The maximum Gasteiger partial charge on any atom is 0.294 e. The van der Waals surface area contributed by atoms with Gasteiger partial charge in [0.15, 0.2) is 0 Å². The van der Waals surface area contributed by atoms with Crippen LogP contribution in [0, 0.1) is 5.92 Å². The molecule has 0 unspecified atom stereocenters. The minimum Gasteiger partial charge on any atom is -0.341 e. The molecule has 2 heterocycles. The van der Waals surface area contributed by atoms with Gasteiger partial charge in [-0.2, -0.15) is 0 Å². The van der Waals surface area contributed by atoms with Crippen LogP contribution in [0.2, 0.25) is 0 Å². The van der Waals surface area contributed by atoms with E-state index in [9.17, 15) is 19.2 Å². The van der Waals surface area contributed by atoms with Crippen molar-refractivity contribution in [2.75, 3.05) is 25.0 Å². The van der Waals surface area contributed by atoms with Crippen molar-refractivity contribution in [3.05, 3.63) is 34.7 Å². The highest BCUT2D eigenvalue weighted by molar-refractivity contribution is 8.18. The molecule has 0 saturated carbocycles.